The van der Waals surface area contributed by atoms with Crippen molar-refractivity contribution in [1.29, 1.82) is 0 Å². The lowest BCUT2D eigenvalue weighted by molar-refractivity contribution is -0.160. The van der Waals surface area contributed by atoms with Gasteiger partial charge in [-0.1, -0.05) is 25.6 Å². The second-order valence-electron chi connectivity index (χ2n) is 7.77. The predicted molar refractivity (Wildman–Crippen MR) is 109 cm³/mol. The Bertz CT molecular complexity index is 833. The largest absolute Gasteiger partial charge is 0.467 e. The first-order chi connectivity index (χ1) is 14.7. The maximum atomic E-state index is 12.1. The first kappa shape index (κ1) is 23.3. The summed E-state index contributed by atoms with van der Waals surface area (Å²) in [5, 5.41) is 11.7. The quantitative estimate of drug-likeness (QED) is 0.473. The molecule has 2 unspecified atom stereocenters. The lowest BCUT2D eigenvalue weighted by Crippen LogP contribution is -2.40. The van der Waals surface area contributed by atoms with Crippen molar-refractivity contribution in [2.24, 2.45) is 11.8 Å². The van der Waals surface area contributed by atoms with Gasteiger partial charge in [-0.05, 0) is 30.4 Å². The summed E-state index contributed by atoms with van der Waals surface area (Å²) in [4.78, 5) is 13.6. The van der Waals surface area contributed by atoms with Crippen LogP contribution in [0.5, 0.6) is 0 Å². The molecule has 1 N–H and O–H groups in total. The van der Waals surface area contributed by atoms with Crippen LogP contribution in [0, 0.1) is 11.8 Å². The molecular formula is C19H26F3N5O3S. The number of amides is 1. The number of nitrogens with one attached hydrogen (secondary N) is 1. The molecule has 0 aliphatic carbocycles. The molecule has 172 valence electrons. The van der Waals surface area contributed by atoms with E-state index in [1.165, 1.54) is 18.2 Å². The molecule has 0 bridgehead atoms. The van der Waals surface area contributed by atoms with Crippen LogP contribution in [0.4, 0.5) is 23.9 Å². The number of nitrogens with zero attached hydrogens (tertiary/aromatic N) is 4. The summed E-state index contributed by atoms with van der Waals surface area (Å²) in [5.41, 5.74) is 0. The number of thioether (sulfide) groups is 1. The number of piperidine rings is 1. The van der Waals surface area contributed by atoms with Crippen LogP contribution in [-0.4, -0.2) is 59.0 Å². The van der Waals surface area contributed by atoms with E-state index in [4.69, 9.17) is 4.42 Å². The minimum atomic E-state index is -4.55. The molecule has 2 atom stereocenters. The summed E-state index contributed by atoms with van der Waals surface area (Å²) in [5.74, 6) is 3.00. The van der Waals surface area contributed by atoms with Gasteiger partial charge in [0.05, 0.1) is 12.8 Å². The number of ether oxygens (including phenoxy) is 1. The molecule has 3 rings (SSSR count). The fraction of sp³-hybridized carbons (Fsp3) is 0.632. The number of alkyl halides is 3. The van der Waals surface area contributed by atoms with E-state index in [2.05, 4.69) is 39.0 Å². The molecule has 12 heteroatoms. The maximum Gasteiger partial charge on any atom is 0.422 e. The van der Waals surface area contributed by atoms with Gasteiger partial charge in [0.2, 0.25) is 5.95 Å². The van der Waals surface area contributed by atoms with Crippen LogP contribution in [0.15, 0.2) is 28.0 Å². The topological polar surface area (TPSA) is 85.4 Å². The van der Waals surface area contributed by atoms with E-state index in [0.717, 1.165) is 24.8 Å². The van der Waals surface area contributed by atoms with Gasteiger partial charge in [-0.15, -0.1) is 10.2 Å². The van der Waals surface area contributed by atoms with Gasteiger partial charge in [-0.2, -0.15) is 13.2 Å². The van der Waals surface area contributed by atoms with Crippen LogP contribution in [0.25, 0.3) is 0 Å². The third-order valence-electron chi connectivity index (χ3n) is 4.71. The molecule has 31 heavy (non-hydrogen) atoms. The summed E-state index contributed by atoms with van der Waals surface area (Å²) in [7, 11) is 0. The smallest absolute Gasteiger partial charge is 0.422 e. The second-order valence-corrected chi connectivity index (χ2v) is 8.83. The zero-order chi connectivity index (χ0) is 22.4. The third-order valence-corrected chi connectivity index (χ3v) is 5.68. The molecule has 8 nitrogen and oxygen atoms in total. The minimum absolute atomic E-state index is 0.127. The van der Waals surface area contributed by atoms with E-state index in [1.54, 1.807) is 6.26 Å². The molecule has 1 aliphatic rings. The number of anilines is 1. The molecule has 1 amide bonds. The number of furan rings is 1. The van der Waals surface area contributed by atoms with Crippen LogP contribution in [0.3, 0.4) is 0 Å². The van der Waals surface area contributed by atoms with Crippen molar-refractivity contribution in [1.82, 2.24) is 20.1 Å². The SMILES string of the molecule is CC1CC(C)CN(c2nnc(SCCNC(=O)OCC(F)(F)F)n2Cc2ccco2)C1. The van der Waals surface area contributed by atoms with Crippen molar-refractivity contribution in [2.75, 3.05) is 36.9 Å². The normalized spacial score (nSPS) is 19.5. The van der Waals surface area contributed by atoms with Gasteiger partial charge < -0.3 is 19.4 Å². The van der Waals surface area contributed by atoms with Crippen molar-refractivity contribution in [2.45, 2.75) is 38.1 Å². The monoisotopic (exact) mass is 461 g/mol. The number of aromatic nitrogens is 3. The molecule has 0 saturated carbocycles. The highest BCUT2D eigenvalue weighted by molar-refractivity contribution is 7.99. The van der Waals surface area contributed by atoms with Crippen LogP contribution in [0.1, 0.15) is 26.0 Å². The van der Waals surface area contributed by atoms with Gasteiger partial charge in [0.1, 0.15) is 5.76 Å². The van der Waals surface area contributed by atoms with E-state index in [0.29, 0.717) is 29.3 Å². The van der Waals surface area contributed by atoms with Crippen LogP contribution in [-0.2, 0) is 11.3 Å². The van der Waals surface area contributed by atoms with E-state index >= 15 is 0 Å². The summed E-state index contributed by atoms with van der Waals surface area (Å²) in [6.07, 6.45) is -2.88. The van der Waals surface area contributed by atoms with Gasteiger partial charge in [-0.3, -0.25) is 4.57 Å². The Morgan fingerprint density at radius 2 is 2.06 bits per heavy atom. The summed E-state index contributed by atoms with van der Waals surface area (Å²) < 4.78 is 47.8. The molecular weight excluding hydrogens is 435 g/mol. The average molecular weight is 462 g/mol. The van der Waals surface area contributed by atoms with E-state index in [9.17, 15) is 18.0 Å². The number of carbonyl (C=O) groups excluding carboxylic acids is 1. The molecule has 1 saturated heterocycles. The lowest BCUT2D eigenvalue weighted by atomic mass is 9.92. The van der Waals surface area contributed by atoms with Crippen LogP contribution in [0.2, 0.25) is 0 Å². The van der Waals surface area contributed by atoms with Crippen molar-refractivity contribution >= 4 is 23.8 Å². The van der Waals surface area contributed by atoms with E-state index < -0.39 is 18.9 Å². The van der Waals surface area contributed by atoms with Gasteiger partial charge in [0, 0.05) is 25.4 Å². The number of hydrogen-bond acceptors (Lipinski definition) is 7. The molecule has 2 aromatic heterocycles. The summed E-state index contributed by atoms with van der Waals surface area (Å²) in [6, 6.07) is 3.69. The molecule has 0 radical (unpaired) electrons. The lowest BCUT2D eigenvalue weighted by Gasteiger charge is -2.35. The highest BCUT2D eigenvalue weighted by Crippen LogP contribution is 2.29. The summed E-state index contributed by atoms with van der Waals surface area (Å²) >= 11 is 1.35. The van der Waals surface area contributed by atoms with Gasteiger partial charge in [0.15, 0.2) is 11.8 Å². The number of halogens is 3. The maximum absolute atomic E-state index is 12.1. The Hall–Kier alpha value is -2.37. The Morgan fingerprint density at radius 1 is 1.32 bits per heavy atom. The first-order valence-corrected chi connectivity index (χ1v) is 11.0. The first-order valence-electron chi connectivity index (χ1n) is 10.0. The fourth-order valence-corrected chi connectivity index (χ4v) is 4.43. The highest BCUT2D eigenvalue weighted by atomic mass is 32.2. The van der Waals surface area contributed by atoms with Gasteiger partial charge in [-0.25, -0.2) is 4.79 Å². The zero-order valence-electron chi connectivity index (χ0n) is 17.4. The summed E-state index contributed by atoms with van der Waals surface area (Å²) in [6.45, 7) is 5.18. The molecule has 3 heterocycles. The third kappa shape index (κ3) is 7.08. The molecule has 0 spiro atoms. The molecule has 0 aromatic carbocycles. The number of hydrogen-bond donors (Lipinski definition) is 1. The number of rotatable bonds is 8. The standard InChI is InChI=1S/C19H26F3N5O3S/c1-13-8-14(2)10-26(9-13)16-24-25-17(27(16)11-15-4-3-6-29-15)31-7-5-23-18(28)30-12-19(20,21)22/h3-4,6,13-14H,5,7-12H2,1-2H3,(H,23,28). The van der Waals surface area contributed by atoms with E-state index in [1.807, 2.05) is 16.7 Å². The van der Waals surface area contributed by atoms with Crippen LogP contribution < -0.4 is 10.2 Å². The number of alkyl carbamates (subject to hydrolysis) is 1. The average Bonchev–Trinajstić information content (AvgIpc) is 3.33. The fourth-order valence-electron chi connectivity index (χ4n) is 3.64. The van der Waals surface area contributed by atoms with Crippen molar-refractivity contribution in [3.63, 3.8) is 0 Å². The van der Waals surface area contributed by atoms with Crippen molar-refractivity contribution in [3.8, 4) is 0 Å². The second kappa shape index (κ2) is 10.3. The molecule has 1 aliphatic heterocycles. The van der Waals surface area contributed by atoms with Crippen molar-refractivity contribution < 1.29 is 27.1 Å². The molecule has 1 fully saturated rings. The molecule has 2 aromatic rings. The van der Waals surface area contributed by atoms with Gasteiger partial charge in [0.25, 0.3) is 0 Å². The Morgan fingerprint density at radius 3 is 2.71 bits per heavy atom. The van der Waals surface area contributed by atoms with Crippen LogP contribution >= 0.6 is 11.8 Å². The predicted octanol–water partition coefficient (Wildman–Crippen LogP) is 3.78. The zero-order valence-corrected chi connectivity index (χ0v) is 18.2. The Balaban J connectivity index is 1.62. The Kier molecular flexibility index (Phi) is 7.74. The van der Waals surface area contributed by atoms with Gasteiger partial charge >= 0.3 is 12.3 Å². The van der Waals surface area contributed by atoms with E-state index in [-0.39, 0.29) is 6.54 Å². The van der Waals surface area contributed by atoms with Crippen molar-refractivity contribution in [3.05, 3.63) is 24.2 Å². The number of carbonyl (C=O) groups is 1. The highest BCUT2D eigenvalue weighted by Gasteiger charge is 2.30. The minimum Gasteiger partial charge on any atom is -0.467 e. The Labute approximate surface area is 182 Å².